The second kappa shape index (κ2) is 10.1. The normalized spacial score (nSPS) is 13.6. The Bertz CT molecular complexity index is 1230. The van der Waals surface area contributed by atoms with Gasteiger partial charge in [-0.2, -0.15) is 0 Å². The zero-order chi connectivity index (χ0) is 24.1. The lowest BCUT2D eigenvalue weighted by Crippen LogP contribution is -2.22. The van der Waals surface area contributed by atoms with Gasteiger partial charge in [-0.25, -0.2) is 0 Å². The highest BCUT2D eigenvalue weighted by molar-refractivity contribution is 6.37. The number of fused-ring (bicyclic) bond motifs is 1. The van der Waals surface area contributed by atoms with Crippen LogP contribution in [0.25, 0.3) is 11.3 Å². The lowest BCUT2D eigenvalue weighted by atomic mass is 9.99. The van der Waals surface area contributed by atoms with E-state index in [0.717, 1.165) is 28.8 Å². The topological polar surface area (TPSA) is 88.7 Å². The predicted molar refractivity (Wildman–Crippen MR) is 134 cm³/mol. The van der Waals surface area contributed by atoms with Crippen molar-refractivity contribution < 1.29 is 19.1 Å². The van der Waals surface area contributed by atoms with E-state index in [1.807, 2.05) is 60.7 Å². The molecular formula is C27H27N3O4. The molecule has 34 heavy (non-hydrogen) atoms. The molecule has 0 saturated carbocycles. The van der Waals surface area contributed by atoms with Crippen molar-refractivity contribution in [1.82, 2.24) is 5.32 Å². The Balaban J connectivity index is 1.73. The van der Waals surface area contributed by atoms with Crippen molar-refractivity contribution in [1.29, 1.82) is 0 Å². The summed E-state index contributed by atoms with van der Waals surface area (Å²) in [5.41, 5.74) is 5.45. The number of methoxy groups -OCH3 is 2. The lowest BCUT2D eigenvalue weighted by molar-refractivity contribution is -0.119. The Morgan fingerprint density at radius 2 is 1.62 bits per heavy atom. The van der Waals surface area contributed by atoms with Crippen LogP contribution < -0.4 is 25.4 Å². The average molecular weight is 458 g/mol. The first kappa shape index (κ1) is 22.9. The third kappa shape index (κ3) is 4.88. The summed E-state index contributed by atoms with van der Waals surface area (Å²) in [4.78, 5) is 24.2. The van der Waals surface area contributed by atoms with E-state index in [1.165, 1.54) is 6.92 Å². The van der Waals surface area contributed by atoms with Crippen LogP contribution in [0.4, 0.5) is 11.4 Å². The van der Waals surface area contributed by atoms with Gasteiger partial charge in [0.25, 0.3) is 5.91 Å². The first-order valence-corrected chi connectivity index (χ1v) is 11.0. The molecule has 0 saturated heterocycles. The van der Waals surface area contributed by atoms with E-state index in [9.17, 15) is 9.59 Å². The van der Waals surface area contributed by atoms with Crippen molar-refractivity contribution in [2.24, 2.45) is 0 Å². The quantitative estimate of drug-likeness (QED) is 0.439. The largest absolute Gasteiger partial charge is 0.493 e. The summed E-state index contributed by atoms with van der Waals surface area (Å²) in [6.07, 6.45) is 0.740. The highest BCUT2D eigenvalue weighted by Crippen LogP contribution is 2.43. The predicted octanol–water partition coefficient (Wildman–Crippen LogP) is 4.31. The molecule has 1 aliphatic rings. The number of nitrogens with one attached hydrogen (secondary N) is 3. The van der Waals surface area contributed by atoms with Crippen LogP contribution in [0, 0.1) is 0 Å². The van der Waals surface area contributed by atoms with E-state index < -0.39 is 0 Å². The smallest absolute Gasteiger partial charge is 0.258 e. The second-order valence-electron chi connectivity index (χ2n) is 7.88. The summed E-state index contributed by atoms with van der Waals surface area (Å²) in [7, 11) is 3.14. The van der Waals surface area contributed by atoms with Crippen molar-refractivity contribution in [3.63, 3.8) is 0 Å². The maximum atomic E-state index is 13.1. The van der Waals surface area contributed by atoms with Crippen LogP contribution in [0.15, 0.2) is 66.7 Å². The molecule has 7 nitrogen and oxygen atoms in total. The van der Waals surface area contributed by atoms with Crippen LogP contribution in [0.2, 0.25) is 0 Å². The van der Waals surface area contributed by atoms with Gasteiger partial charge in [-0.1, -0.05) is 42.5 Å². The van der Waals surface area contributed by atoms with E-state index in [2.05, 4.69) is 16.0 Å². The summed E-state index contributed by atoms with van der Waals surface area (Å²) in [6, 6.07) is 21.3. The summed E-state index contributed by atoms with van der Waals surface area (Å²) < 4.78 is 10.9. The van der Waals surface area contributed by atoms with Crippen molar-refractivity contribution >= 4 is 34.5 Å². The van der Waals surface area contributed by atoms with E-state index in [-0.39, 0.29) is 11.8 Å². The average Bonchev–Trinajstić information content (AvgIpc) is 3.17. The molecule has 3 N–H and O–H groups in total. The monoisotopic (exact) mass is 457 g/mol. The number of carbonyl (C=O) groups excluding carboxylic acids is 2. The molecule has 3 aromatic rings. The van der Waals surface area contributed by atoms with Crippen LogP contribution in [0.5, 0.6) is 11.5 Å². The SMILES string of the molecule is COc1cc2c(cc1OC)/C(=C(/Nc1ccc(CCNC(C)=O)cc1)c1ccccc1)C(=O)N2. The van der Waals surface area contributed by atoms with Gasteiger partial charge in [-0.15, -0.1) is 0 Å². The number of benzene rings is 3. The zero-order valence-electron chi connectivity index (χ0n) is 19.4. The minimum atomic E-state index is -0.205. The third-order valence-electron chi connectivity index (χ3n) is 5.59. The first-order valence-electron chi connectivity index (χ1n) is 11.0. The van der Waals surface area contributed by atoms with Crippen molar-refractivity contribution in [3.05, 3.63) is 83.4 Å². The van der Waals surface area contributed by atoms with Gasteiger partial charge in [0.2, 0.25) is 5.91 Å². The molecule has 3 aromatic carbocycles. The highest BCUT2D eigenvalue weighted by atomic mass is 16.5. The third-order valence-corrected chi connectivity index (χ3v) is 5.59. The van der Waals surface area contributed by atoms with Crippen molar-refractivity contribution in [2.45, 2.75) is 13.3 Å². The summed E-state index contributed by atoms with van der Waals surface area (Å²) in [6.45, 7) is 2.10. The minimum Gasteiger partial charge on any atom is -0.493 e. The molecule has 0 aliphatic carbocycles. The number of amides is 2. The van der Waals surface area contributed by atoms with Gasteiger partial charge in [-0.3, -0.25) is 9.59 Å². The Hall–Kier alpha value is -4.26. The maximum Gasteiger partial charge on any atom is 0.258 e. The van der Waals surface area contributed by atoms with Crippen molar-refractivity contribution in [3.8, 4) is 11.5 Å². The molecule has 0 atom stereocenters. The molecule has 2 amide bonds. The Labute approximate surface area is 198 Å². The molecule has 0 aromatic heterocycles. The molecule has 0 bridgehead atoms. The van der Waals surface area contributed by atoms with Crippen LogP contribution in [-0.2, 0) is 16.0 Å². The summed E-state index contributed by atoms with van der Waals surface area (Å²) in [5.74, 6) is 0.850. The number of carbonyl (C=O) groups is 2. The molecule has 7 heteroatoms. The molecular weight excluding hydrogens is 430 g/mol. The molecule has 0 spiro atoms. The van der Waals surface area contributed by atoms with Gasteiger partial charge >= 0.3 is 0 Å². The fraction of sp³-hybridized carbons (Fsp3) is 0.185. The van der Waals surface area contributed by atoms with Crippen LogP contribution in [-0.4, -0.2) is 32.6 Å². The molecule has 1 heterocycles. The fourth-order valence-corrected chi connectivity index (χ4v) is 3.91. The lowest BCUT2D eigenvalue weighted by Gasteiger charge is -2.16. The number of hydrogen-bond donors (Lipinski definition) is 3. The van der Waals surface area contributed by atoms with Gasteiger partial charge in [-0.05, 0) is 35.7 Å². The standard InChI is InChI=1S/C27H27N3O4/c1-17(31)28-14-13-18-9-11-20(12-10-18)29-26(19-7-5-4-6-8-19)25-21-15-23(33-2)24(34-3)16-22(21)30-27(25)32/h4-12,15-16,29H,13-14H2,1-3H3,(H,28,31)(H,30,32)/b26-25-. The fourth-order valence-electron chi connectivity index (χ4n) is 3.91. The molecule has 0 radical (unpaired) electrons. The molecule has 0 unspecified atom stereocenters. The van der Waals surface area contributed by atoms with Gasteiger partial charge < -0.3 is 25.4 Å². The van der Waals surface area contributed by atoms with Crippen molar-refractivity contribution in [2.75, 3.05) is 31.4 Å². The number of anilines is 2. The molecule has 0 fully saturated rings. The van der Waals surface area contributed by atoms with Crippen LogP contribution in [0.3, 0.4) is 0 Å². The van der Waals surface area contributed by atoms with E-state index in [0.29, 0.717) is 35.0 Å². The Kier molecular flexibility index (Phi) is 6.82. The number of hydrogen-bond acceptors (Lipinski definition) is 5. The zero-order valence-corrected chi connectivity index (χ0v) is 19.4. The highest BCUT2D eigenvalue weighted by Gasteiger charge is 2.30. The number of ether oxygens (including phenoxy) is 2. The van der Waals surface area contributed by atoms with E-state index in [1.54, 1.807) is 20.3 Å². The summed E-state index contributed by atoms with van der Waals surface area (Å²) in [5, 5.41) is 9.20. The van der Waals surface area contributed by atoms with Gasteiger partial charge in [0.1, 0.15) is 0 Å². The maximum absolute atomic E-state index is 13.1. The molecule has 174 valence electrons. The Morgan fingerprint density at radius 3 is 2.26 bits per heavy atom. The second-order valence-corrected chi connectivity index (χ2v) is 7.88. The van der Waals surface area contributed by atoms with Gasteiger partial charge in [0.15, 0.2) is 11.5 Å². The van der Waals surface area contributed by atoms with Gasteiger partial charge in [0.05, 0.1) is 31.2 Å². The van der Waals surface area contributed by atoms with E-state index in [4.69, 9.17) is 9.47 Å². The minimum absolute atomic E-state index is 0.0400. The van der Waals surface area contributed by atoms with Crippen LogP contribution >= 0.6 is 0 Å². The van der Waals surface area contributed by atoms with E-state index >= 15 is 0 Å². The molecule has 1 aliphatic heterocycles. The van der Waals surface area contributed by atoms with Gasteiger partial charge in [0, 0.05) is 30.8 Å². The summed E-state index contributed by atoms with van der Waals surface area (Å²) >= 11 is 0. The first-order chi connectivity index (χ1) is 16.5. The number of rotatable bonds is 8. The van der Waals surface area contributed by atoms with Crippen LogP contribution in [0.1, 0.15) is 23.6 Å². The Morgan fingerprint density at radius 1 is 0.941 bits per heavy atom. The molecule has 4 rings (SSSR count).